The van der Waals surface area contributed by atoms with Gasteiger partial charge in [-0.1, -0.05) is 6.07 Å². The first-order valence-electron chi connectivity index (χ1n) is 5.33. The van der Waals surface area contributed by atoms with Crippen molar-refractivity contribution >= 4 is 10.0 Å². The Morgan fingerprint density at radius 2 is 2.11 bits per heavy atom. The lowest BCUT2D eigenvalue weighted by Gasteiger charge is -2.07. The summed E-state index contributed by atoms with van der Waals surface area (Å²) in [5.74, 6) is 0.402. The van der Waals surface area contributed by atoms with Gasteiger partial charge in [0.1, 0.15) is 5.69 Å². The molecule has 2 rings (SSSR count). The minimum atomic E-state index is -3.88. The van der Waals surface area contributed by atoms with Crippen molar-refractivity contribution in [2.45, 2.75) is 25.5 Å². The Balaban J connectivity index is 2.68. The number of aryl methyl sites for hydroxylation is 1. The summed E-state index contributed by atoms with van der Waals surface area (Å²) >= 11 is 0. The van der Waals surface area contributed by atoms with Crippen LogP contribution in [-0.4, -0.2) is 28.2 Å². The van der Waals surface area contributed by atoms with Crippen LogP contribution in [-0.2, 0) is 16.6 Å². The maximum atomic E-state index is 11.4. The van der Waals surface area contributed by atoms with Crippen LogP contribution in [0.4, 0.5) is 0 Å². The number of aromatic nitrogens is 4. The van der Waals surface area contributed by atoms with Gasteiger partial charge in [0.05, 0.1) is 0 Å². The Hall–Kier alpha value is -1.80. The lowest BCUT2D eigenvalue weighted by atomic mass is 10.2. The van der Waals surface area contributed by atoms with E-state index in [0.29, 0.717) is 18.1 Å². The first kappa shape index (κ1) is 12.7. The summed E-state index contributed by atoms with van der Waals surface area (Å²) in [7, 11) is -3.88. The summed E-state index contributed by atoms with van der Waals surface area (Å²) in [6.07, 6.45) is 1.62. The second-order valence-corrected chi connectivity index (χ2v) is 5.22. The summed E-state index contributed by atoms with van der Waals surface area (Å²) < 4.78 is 24.2. The predicted molar refractivity (Wildman–Crippen MR) is 65.0 cm³/mol. The van der Waals surface area contributed by atoms with Gasteiger partial charge in [0.2, 0.25) is 0 Å². The largest absolute Gasteiger partial charge is 0.296 e. The summed E-state index contributed by atoms with van der Waals surface area (Å²) in [5.41, 5.74) is 1.49. The van der Waals surface area contributed by atoms with E-state index in [2.05, 4.69) is 15.2 Å². The highest BCUT2D eigenvalue weighted by Gasteiger charge is 2.22. The lowest BCUT2D eigenvalue weighted by molar-refractivity contribution is 0.570. The van der Waals surface area contributed by atoms with Crippen molar-refractivity contribution in [1.82, 2.24) is 19.7 Å². The van der Waals surface area contributed by atoms with Crippen LogP contribution in [0.2, 0.25) is 0 Å². The van der Waals surface area contributed by atoms with Crippen LogP contribution >= 0.6 is 0 Å². The molecule has 0 fully saturated rings. The molecule has 96 valence electrons. The van der Waals surface area contributed by atoms with Gasteiger partial charge in [-0.15, -0.1) is 10.2 Å². The molecule has 0 aromatic carbocycles. The molecular formula is C10H13N5O2S. The van der Waals surface area contributed by atoms with Crippen LogP contribution in [0.15, 0.2) is 23.5 Å². The number of hydrogen-bond acceptors (Lipinski definition) is 5. The summed E-state index contributed by atoms with van der Waals surface area (Å²) in [6.45, 7) is 4.05. The molecule has 18 heavy (non-hydrogen) atoms. The van der Waals surface area contributed by atoms with Gasteiger partial charge in [0.25, 0.3) is 15.2 Å². The van der Waals surface area contributed by atoms with Crippen molar-refractivity contribution in [3.05, 3.63) is 23.9 Å². The van der Waals surface area contributed by atoms with Gasteiger partial charge >= 0.3 is 0 Å². The van der Waals surface area contributed by atoms with E-state index in [9.17, 15) is 8.42 Å². The lowest BCUT2D eigenvalue weighted by Crippen LogP contribution is -2.18. The SMILES string of the molecule is CCn1c(-c2ncccc2C)nnc1S(N)(=O)=O. The van der Waals surface area contributed by atoms with Crippen molar-refractivity contribution in [3.8, 4) is 11.5 Å². The van der Waals surface area contributed by atoms with Gasteiger partial charge in [0, 0.05) is 12.7 Å². The molecular weight excluding hydrogens is 254 g/mol. The molecule has 0 unspecified atom stereocenters. The molecule has 7 nitrogen and oxygen atoms in total. The van der Waals surface area contributed by atoms with E-state index >= 15 is 0 Å². The summed E-state index contributed by atoms with van der Waals surface area (Å²) in [4.78, 5) is 4.19. The van der Waals surface area contributed by atoms with Crippen LogP contribution in [0, 0.1) is 6.92 Å². The molecule has 2 N–H and O–H groups in total. The molecule has 0 aliphatic rings. The summed E-state index contributed by atoms with van der Waals surface area (Å²) in [5, 5.41) is 12.4. The summed E-state index contributed by atoms with van der Waals surface area (Å²) in [6, 6.07) is 3.67. The van der Waals surface area contributed by atoms with Gasteiger partial charge in [-0.25, -0.2) is 13.6 Å². The number of hydrogen-bond donors (Lipinski definition) is 1. The maximum Gasteiger partial charge on any atom is 0.273 e. The van der Waals surface area contributed by atoms with Gasteiger partial charge in [0.15, 0.2) is 5.82 Å². The smallest absolute Gasteiger partial charge is 0.273 e. The third-order valence-corrected chi connectivity index (χ3v) is 3.32. The van der Waals surface area contributed by atoms with Crippen LogP contribution in [0.3, 0.4) is 0 Å². The van der Waals surface area contributed by atoms with E-state index < -0.39 is 10.0 Å². The normalized spacial score (nSPS) is 11.7. The van der Waals surface area contributed by atoms with Crippen LogP contribution in [0.25, 0.3) is 11.5 Å². The van der Waals surface area contributed by atoms with Crippen LogP contribution < -0.4 is 5.14 Å². The Labute approximate surface area is 105 Å². The second-order valence-electron chi connectivity index (χ2n) is 3.76. The fraction of sp³-hybridized carbons (Fsp3) is 0.300. The molecule has 8 heteroatoms. The fourth-order valence-corrected chi connectivity index (χ4v) is 2.36. The van der Waals surface area contributed by atoms with E-state index in [-0.39, 0.29) is 5.16 Å². The molecule has 2 heterocycles. The fourth-order valence-electron chi connectivity index (χ4n) is 1.68. The Bertz CT molecular complexity index is 677. The van der Waals surface area contributed by atoms with E-state index in [0.717, 1.165) is 5.56 Å². The average molecular weight is 267 g/mol. The van der Waals surface area contributed by atoms with Gasteiger partial charge < -0.3 is 0 Å². The third-order valence-electron chi connectivity index (χ3n) is 2.51. The molecule has 0 atom stereocenters. The Morgan fingerprint density at radius 3 is 2.67 bits per heavy atom. The van der Waals surface area contributed by atoms with Crippen molar-refractivity contribution in [1.29, 1.82) is 0 Å². The zero-order chi connectivity index (χ0) is 13.3. The van der Waals surface area contributed by atoms with Crippen molar-refractivity contribution in [2.75, 3.05) is 0 Å². The number of nitrogens with zero attached hydrogens (tertiary/aromatic N) is 4. The molecule has 0 amide bonds. The number of pyridine rings is 1. The number of rotatable bonds is 3. The van der Waals surface area contributed by atoms with Crippen LogP contribution in [0.5, 0.6) is 0 Å². The molecule has 2 aromatic heterocycles. The predicted octanol–water partition coefficient (Wildman–Crippen LogP) is 0.316. The third kappa shape index (κ3) is 2.12. The standard InChI is InChI=1S/C10H13N5O2S/c1-3-15-9(8-7(2)5-4-6-12-8)13-14-10(15)18(11,16)17/h4-6H,3H2,1-2H3,(H2,11,16,17). The minimum absolute atomic E-state index is 0.245. The Kier molecular flexibility index (Phi) is 3.14. The Morgan fingerprint density at radius 1 is 1.39 bits per heavy atom. The van der Waals surface area contributed by atoms with Gasteiger partial charge in [-0.05, 0) is 25.5 Å². The topological polar surface area (TPSA) is 104 Å². The highest BCUT2D eigenvalue weighted by atomic mass is 32.2. The maximum absolute atomic E-state index is 11.4. The first-order chi connectivity index (χ1) is 8.45. The second kappa shape index (κ2) is 4.46. The zero-order valence-corrected chi connectivity index (χ0v) is 10.8. The van der Waals surface area contributed by atoms with E-state index in [1.807, 2.05) is 13.0 Å². The first-order valence-corrected chi connectivity index (χ1v) is 6.87. The van der Waals surface area contributed by atoms with Crippen LogP contribution in [0.1, 0.15) is 12.5 Å². The van der Waals surface area contributed by atoms with E-state index in [1.54, 1.807) is 19.2 Å². The average Bonchev–Trinajstić information content (AvgIpc) is 2.72. The van der Waals surface area contributed by atoms with Crippen molar-refractivity contribution < 1.29 is 8.42 Å². The van der Waals surface area contributed by atoms with E-state index in [4.69, 9.17) is 5.14 Å². The number of sulfonamides is 1. The molecule has 2 aromatic rings. The molecule has 0 aliphatic heterocycles. The quantitative estimate of drug-likeness (QED) is 0.862. The molecule has 0 saturated heterocycles. The van der Waals surface area contributed by atoms with Crippen molar-refractivity contribution in [3.63, 3.8) is 0 Å². The monoisotopic (exact) mass is 267 g/mol. The molecule has 0 spiro atoms. The van der Waals surface area contributed by atoms with Gasteiger partial charge in [-0.3, -0.25) is 9.55 Å². The molecule has 0 bridgehead atoms. The zero-order valence-electron chi connectivity index (χ0n) is 10.0. The highest BCUT2D eigenvalue weighted by Crippen LogP contribution is 2.20. The molecule has 0 radical (unpaired) electrons. The van der Waals surface area contributed by atoms with E-state index in [1.165, 1.54) is 4.57 Å². The molecule has 0 saturated carbocycles. The highest BCUT2D eigenvalue weighted by molar-refractivity contribution is 7.89. The van der Waals surface area contributed by atoms with Crippen molar-refractivity contribution in [2.24, 2.45) is 5.14 Å². The number of nitrogens with two attached hydrogens (primary N) is 1. The van der Waals surface area contributed by atoms with Gasteiger partial charge in [-0.2, -0.15) is 0 Å². The molecule has 0 aliphatic carbocycles. The minimum Gasteiger partial charge on any atom is -0.296 e. The number of primary sulfonamides is 1.